The lowest BCUT2D eigenvalue weighted by molar-refractivity contribution is -0.136. The second-order valence-corrected chi connectivity index (χ2v) is 3.43. The minimum Gasteiger partial charge on any atom is -0.481 e. The molecule has 0 bridgehead atoms. The van der Waals surface area contributed by atoms with Crippen LogP contribution >= 0.6 is 15.9 Å². The molecule has 0 aromatic carbocycles. The molecule has 1 aromatic heterocycles. The van der Waals surface area contributed by atoms with Crippen molar-refractivity contribution in [3.8, 4) is 0 Å². The highest BCUT2D eigenvalue weighted by Gasteiger charge is 2.17. The molecule has 0 fully saturated rings. The van der Waals surface area contributed by atoms with Crippen LogP contribution < -0.4 is 0 Å². The molecule has 0 amide bonds. The van der Waals surface area contributed by atoms with Crippen LogP contribution in [-0.4, -0.2) is 16.1 Å². The van der Waals surface area contributed by atoms with Gasteiger partial charge in [-0.3, -0.25) is 9.78 Å². The molecule has 82 valence electrons. The number of rotatable bonds is 4. The number of hydrogen-bond donors (Lipinski definition) is 1. The number of nitrogens with zero attached hydrogens (tertiary/aromatic N) is 1. The summed E-state index contributed by atoms with van der Waals surface area (Å²) < 4.78 is 25.0. The second-order valence-electron chi connectivity index (χ2n) is 2.87. The van der Waals surface area contributed by atoms with Gasteiger partial charge in [-0.05, 0) is 11.1 Å². The van der Waals surface area contributed by atoms with Crippen molar-refractivity contribution in [2.75, 3.05) is 0 Å². The molecule has 0 radical (unpaired) electrons. The van der Waals surface area contributed by atoms with E-state index in [1.807, 2.05) is 0 Å². The molecule has 0 saturated heterocycles. The fraction of sp³-hybridized carbons (Fsp3) is 0.333. The molecule has 0 aliphatic carbocycles. The molecular weight excluding hydrogens is 272 g/mol. The van der Waals surface area contributed by atoms with Crippen LogP contribution in [0.4, 0.5) is 8.78 Å². The smallest absolute Gasteiger partial charge is 0.307 e. The molecule has 1 N–H and O–H groups in total. The quantitative estimate of drug-likeness (QED) is 0.862. The highest BCUT2D eigenvalue weighted by molar-refractivity contribution is 9.08. The van der Waals surface area contributed by atoms with Gasteiger partial charge in [0.05, 0.1) is 6.42 Å². The van der Waals surface area contributed by atoms with Crippen LogP contribution in [-0.2, 0) is 16.5 Å². The number of halogens is 3. The van der Waals surface area contributed by atoms with Crippen LogP contribution in [0.1, 0.15) is 23.1 Å². The van der Waals surface area contributed by atoms with Crippen molar-refractivity contribution in [2.45, 2.75) is 18.2 Å². The van der Waals surface area contributed by atoms with Gasteiger partial charge in [0.2, 0.25) is 0 Å². The van der Waals surface area contributed by atoms with Crippen molar-refractivity contribution in [2.24, 2.45) is 0 Å². The predicted molar refractivity (Wildman–Crippen MR) is 53.2 cm³/mol. The van der Waals surface area contributed by atoms with E-state index in [1.165, 1.54) is 6.20 Å². The van der Waals surface area contributed by atoms with Crippen LogP contribution in [0.2, 0.25) is 0 Å². The number of pyridine rings is 1. The Hall–Kier alpha value is -1.04. The summed E-state index contributed by atoms with van der Waals surface area (Å²) >= 11 is 3.06. The van der Waals surface area contributed by atoms with Crippen LogP contribution in [0, 0.1) is 0 Å². The van der Waals surface area contributed by atoms with Crippen molar-refractivity contribution in [1.82, 2.24) is 4.98 Å². The van der Waals surface area contributed by atoms with E-state index >= 15 is 0 Å². The molecule has 3 nitrogen and oxygen atoms in total. The number of carboxylic acids is 1. The Bertz CT molecular complexity index is 371. The number of hydrogen-bond acceptors (Lipinski definition) is 2. The summed E-state index contributed by atoms with van der Waals surface area (Å²) in [6, 6.07) is 0. The van der Waals surface area contributed by atoms with Crippen LogP contribution in [0.25, 0.3) is 0 Å². The van der Waals surface area contributed by atoms with Crippen LogP contribution in [0.15, 0.2) is 12.4 Å². The van der Waals surface area contributed by atoms with Crippen molar-refractivity contribution in [1.29, 1.82) is 0 Å². The normalized spacial score (nSPS) is 10.7. The van der Waals surface area contributed by atoms with Gasteiger partial charge in [0.1, 0.15) is 0 Å². The Morgan fingerprint density at radius 2 is 2.20 bits per heavy atom. The first-order valence-electron chi connectivity index (χ1n) is 4.07. The summed E-state index contributed by atoms with van der Waals surface area (Å²) in [6.07, 6.45) is -0.573. The molecule has 0 aliphatic heterocycles. The average Bonchev–Trinajstić information content (AvgIpc) is 2.16. The largest absolute Gasteiger partial charge is 0.481 e. The van der Waals surface area contributed by atoms with E-state index in [9.17, 15) is 13.6 Å². The van der Waals surface area contributed by atoms with Gasteiger partial charge in [-0.2, -0.15) is 0 Å². The summed E-state index contributed by atoms with van der Waals surface area (Å²) in [4.78, 5) is 14.1. The highest BCUT2D eigenvalue weighted by Crippen LogP contribution is 2.26. The minimum absolute atomic E-state index is 0.192. The number of carboxylic acid groups (broad SMARTS) is 1. The first-order valence-corrected chi connectivity index (χ1v) is 5.20. The Morgan fingerprint density at radius 3 is 2.67 bits per heavy atom. The predicted octanol–water partition coefficient (Wildman–Crippen LogP) is 2.54. The lowest BCUT2D eigenvalue weighted by atomic mass is 10.0. The van der Waals surface area contributed by atoms with Crippen molar-refractivity contribution >= 4 is 21.9 Å². The lowest BCUT2D eigenvalue weighted by Crippen LogP contribution is -2.06. The molecule has 0 unspecified atom stereocenters. The molecule has 0 saturated carbocycles. The third kappa shape index (κ3) is 2.95. The SMILES string of the molecule is O=C(O)Cc1cncc(C(F)F)c1CBr. The van der Waals surface area contributed by atoms with Crippen molar-refractivity contribution < 1.29 is 18.7 Å². The number of aromatic nitrogens is 1. The summed E-state index contributed by atoms with van der Waals surface area (Å²) in [5, 5.41) is 8.78. The maximum absolute atomic E-state index is 12.5. The first-order chi connectivity index (χ1) is 7.06. The van der Waals surface area contributed by atoms with Gasteiger partial charge in [0.25, 0.3) is 6.43 Å². The van der Waals surface area contributed by atoms with Crippen molar-refractivity contribution in [3.05, 3.63) is 29.1 Å². The third-order valence-electron chi connectivity index (χ3n) is 1.89. The van der Waals surface area contributed by atoms with Gasteiger partial charge >= 0.3 is 5.97 Å². The molecule has 0 atom stereocenters. The van der Waals surface area contributed by atoms with E-state index in [2.05, 4.69) is 20.9 Å². The summed E-state index contributed by atoms with van der Waals surface area (Å²) in [7, 11) is 0. The molecular formula is C9H8BrF2NO2. The first kappa shape index (κ1) is 12.0. The summed E-state index contributed by atoms with van der Waals surface area (Å²) in [6.45, 7) is 0. The van der Waals surface area contributed by atoms with Gasteiger partial charge in [0.15, 0.2) is 0 Å². The second kappa shape index (κ2) is 5.16. The topological polar surface area (TPSA) is 50.2 Å². The molecule has 1 aromatic rings. The Balaban J connectivity index is 3.15. The van der Waals surface area contributed by atoms with E-state index in [1.54, 1.807) is 0 Å². The molecule has 1 rings (SSSR count). The van der Waals surface area contributed by atoms with Gasteiger partial charge in [-0.1, -0.05) is 15.9 Å². The fourth-order valence-corrected chi connectivity index (χ4v) is 1.90. The van der Waals surface area contributed by atoms with Crippen molar-refractivity contribution in [3.63, 3.8) is 0 Å². The molecule has 15 heavy (non-hydrogen) atoms. The fourth-order valence-electron chi connectivity index (χ4n) is 1.22. The molecule has 6 heteroatoms. The van der Waals surface area contributed by atoms with Gasteiger partial charge < -0.3 is 5.11 Å². The van der Waals surface area contributed by atoms with Gasteiger partial charge in [-0.25, -0.2) is 8.78 Å². The number of carbonyl (C=O) groups is 1. The highest BCUT2D eigenvalue weighted by atomic mass is 79.9. The maximum atomic E-state index is 12.5. The van der Waals surface area contributed by atoms with E-state index in [0.29, 0.717) is 11.1 Å². The van der Waals surface area contributed by atoms with Crippen LogP contribution in [0.3, 0.4) is 0 Å². The van der Waals surface area contributed by atoms with E-state index in [0.717, 1.165) is 6.20 Å². The van der Waals surface area contributed by atoms with E-state index in [-0.39, 0.29) is 17.3 Å². The maximum Gasteiger partial charge on any atom is 0.307 e. The molecule has 1 heterocycles. The van der Waals surface area contributed by atoms with Gasteiger partial charge in [-0.15, -0.1) is 0 Å². The summed E-state index contributed by atoms with van der Waals surface area (Å²) in [5.74, 6) is -1.06. The standard InChI is InChI=1S/C9H8BrF2NO2/c10-2-6-5(1-8(14)15)3-13-4-7(6)9(11)12/h3-4,9H,1-2H2,(H,14,15). The molecule has 0 aliphatic rings. The average molecular weight is 280 g/mol. The van der Waals surface area contributed by atoms with Gasteiger partial charge in [0, 0.05) is 23.3 Å². The zero-order valence-corrected chi connectivity index (χ0v) is 9.17. The Kier molecular flexibility index (Phi) is 4.14. The van der Waals surface area contributed by atoms with E-state index < -0.39 is 12.4 Å². The lowest BCUT2D eigenvalue weighted by Gasteiger charge is -2.09. The number of aliphatic carboxylic acids is 1. The summed E-state index contributed by atoms with van der Waals surface area (Å²) in [5.41, 5.74) is 0.408. The zero-order chi connectivity index (χ0) is 11.4. The Labute approximate surface area is 93.3 Å². The third-order valence-corrected chi connectivity index (χ3v) is 2.45. The number of alkyl halides is 3. The monoisotopic (exact) mass is 279 g/mol. The van der Waals surface area contributed by atoms with E-state index in [4.69, 9.17) is 5.11 Å². The Morgan fingerprint density at radius 1 is 1.53 bits per heavy atom. The minimum atomic E-state index is -2.64. The zero-order valence-electron chi connectivity index (χ0n) is 7.58. The molecule has 0 spiro atoms. The van der Waals surface area contributed by atoms with Crippen LogP contribution in [0.5, 0.6) is 0 Å².